The molecule has 5 heteroatoms. The van der Waals surface area contributed by atoms with Gasteiger partial charge in [-0.15, -0.1) is 0 Å². The zero-order valence-electron chi connectivity index (χ0n) is 10.2. The molecule has 1 aromatic rings. The van der Waals surface area contributed by atoms with E-state index >= 15 is 0 Å². The fourth-order valence-corrected chi connectivity index (χ4v) is 2.31. The molecule has 1 fully saturated rings. The Hall–Kier alpha value is -1.96. The molecule has 1 heterocycles. The van der Waals surface area contributed by atoms with Gasteiger partial charge in [0.25, 0.3) is 0 Å². The minimum absolute atomic E-state index is 0.171. The molecule has 0 spiro atoms. The fourth-order valence-electron chi connectivity index (χ4n) is 2.31. The fraction of sp³-hybridized carbons (Fsp3) is 0.538. The molecular weight excluding hydrogens is 228 g/mol. The molecule has 1 N–H and O–H groups in total. The van der Waals surface area contributed by atoms with Crippen LogP contribution in [0.3, 0.4) is 0 Å². The molecule has 2 rings (SSSR count). The number of amides is 1. The highest BCUT2D eigenvalue weighted by Crippen LogP contribution is 2.35. The molecule has 0 bridgehead atoms. The topological polar surface area (TPSA) is 78.7 Å². The minimum Gasteiger partial charge on any atom is -0.349 e. The number of hydrogen-bond donors (Lipinski definition) is 1. The lowest BCUT2D eigenvalue weighted by Crippen LogP contribution is -2.41. The molecule has 0 radical (unpaired) electrons. The van der Waals surface area contributed by atoms with E-state index < -0.39 is 5.41 Å². The van der Waals surface area contributed by atoms with E-state index in [4.69, 9.17) is 0 Å². The van der Waals surface area contributed by atoms with Crippen LogP contribution in [0.5, 0.6) is 0 Å². The van der Waals surface area contributed by atoms with Crippen LogP contribution in [0.15, 0.2) is 18.3 Å². The van der Waals surface area contributed by atoms with Gasteiger partial charge in [-0.2, -0.15) is 15.5 Å². The van der Waals surface area contributed by atoms with Crippen LogP contribution in [0.4, 0.5) is 0 Å². The summed E-state index contributed by atoms with van der Waals surface area (Å²) in [5.41, 5.74) is -0.129. The summed E-state index contributed by atoms with van der Waals surface area (Å²) in [6, 6.07) is 5.78. The summed E-state index contributed by atoms with van der Waals surface area (Å²) >= 11 is 0. The van der Waals surface area contributed by atoms with Crippen LogP contribution >= 0.6 is 0 Å². The molecule has 1 amide bonds. The number of carbonyl (C=O) groups is 1. The summed E-state index contributed by atoms with van der Waals surface area (Å²) in [6.07, 6.45) is 5.92. The van der Waals surface area contributed by atoms with Gasteiger partial charge in [0.2, 0.25) is 5.91 Å². The quantitative estimate of drug-likeness (QED) is 0.875. The zero-order chi connectivity index (χ0) is 12.8. The molecule has 18 heavy (non-hydrogen) atoms. The first-order valence-electron chi connectivity index (χ1n) is 6.23. The average molecular weight is 244 g/mol. The van der Waals surface area contributed by atoms with Gasteiger partial charge in [0, 0.05) is 6.20 Å². The molecule has 1 aliphatic rings. The number of nitriles is 1. The molecule has 0 aliphatic heterocycles. The van der Waals surface area contributed by atoms with Crippen LogP contribution in [-0.2, 0) is 11.3 Å². The summed E-state index contributed by atoms with van der Waals surface area (Å²) in [7, 11) is 0. The first-order chi connectivity index (χ1) is 8.77. The largest absolute Gasteiger partial charge is 0.349 e. The number of rotatable bonds is 3. The normalized spacial score (nSPS) is 17.7. The second-order valence-corrected chi connectivity index (χ2v) is 4.65. The molecule has 0 unspecified atom stereocenters. The van der Waals surface area contributed by atoms with Crippen LogP contribution in [-0.4, -0.2) is 16.1 Å². The first kappa shape index (κ1) is 12.5. The van der Waals surface area contributed by atoms with Crippen molar-refractivity contribution in [2.45, 2.75) is 38.6 Å². The Morgan fingerprint density at radius 2 is 2.22 bits per heavy atom. The highest BCUT2D eigenvalue weighted by Gasteiger charge is 2.39. The predicted octanol–water partition coefficient (Wildman–Crippen LogP) is 1.57. The lowest BCUT2D eigenvalue weighted by molar-refractivity contribution is -0.129. The Morgan fingerprint density at radius 1 is 1.44 bits per heavy atom. The molecule has 1 aromatic heterocycles. The van der Waals surface area contributed by atoms with Crippen LogP contribution in [0.2, 0.25) is 0 Å². The second-order valence-electron chi connectivity index (χ2n) is 4.65. The Balaban J connectivity index is 1.97. The van der Waals surface area contributed by atoms with E-state index in [0.29, 0.717) is 25.1 Å². The van der Waals surface area contributed by atoms with Crippen LogP contribution < -0.4 is 5.32 Å². The van der Waals surface area contributed by atoms with Crippen LogP contribution in [0.1, 0.15) is 37.8 Å². The van der Waals surface area contributed by atoms with Crippen molar-refractivity contribution in [3.05, 3.63) is 24.0 Å². The van der Waals surface area contributed by atoms with Gasteiger partial charge >= 0.3 is 0 Å². The van der Waals surface area contributed by atoms with Gasteiger partial charge in [0.15, 0.2) is 0 Å². The minimum atomic E-state index is -0.833. The summed E-state index contributed by atoms with van der Waals surface area (Å²) in [4.78, 5) is 12.1. The third-order valence-electron chi connectivity index (χ3n) is 3.41. The maximum Gasteiger partial charge on any atom is 0.240 e. The zero-order valence-corrected chi connectivity index (χ0v) is 10.2. The molecule has 94 valence electrons. The van der Waals surface area contributed by atoms with Crippen LogP contribution in [0.25, 0.3) is 0 Å². The van der Waals surface area contributed by atoms with E-state index in [-0.39, 0.29) is 5.91 Å². The van der Waals surface area contributed by atoms with Gasteiger partial charge in [-0.05, 0) is 25.0 Å². The lowest BCUT2D eigenvalue weighted by atomic mass is 9.74. The third kappa shape index (κ3) is 2.65. The SMILES string of the molecule is N#CC1(C(=O)NCc2cccnn2)CCCCC1. The van der Waals surface area contributed by atoms with Crippen molar-refractivity contribution in [3.63, 3.8) is 0 Å². The highest BCUT2D eigenvalue weighted by molar-refractivity contribution is 5.85. The molecule has 0 saturated heterocycles. The maximum absolute atomic E-state index is 12.1. The third-order valence-corrected chi connectivity index (χ3v) is 3.41. The van der Waals surface area contributed by atoms with Gasteiger partial charge in [-0.1, -0.05) is 19.3 Å². The van der Waals surface area contributed by atoms with E-state index in [0.717, 1.165) is 19.3 Å². The molecule has 1 saturated carbocycles. The predicted molar refractivity (Wildman–Crippen MR) is 65.0 cm³/mol. The standard InChI is InChI=1S/C13H16N4O/c14-10-13(6-2-1-3-7-13)12(18)15-9-11-5-4-8-16-17-11/h4-5,8H,1-3,6-7,9H2,(H,15,18). The number of nitrogens with zero attached hydrogens (tertiary/aromatic N) is 3. The van der Waals surface area contributed by atoms with Crippen molar-refractivity contribution in [1.82, 2.24) is 15.5 Å². The van der Waals surface area contributed by atoms with Crippen LogP contribution in [0, 0.1) is 16.7 Å². The molecule has 0 aromatic carbocycles. The summed E-state index contributed by atoms with van der Waals surface area (Å²) < 4.78 is 0. The van der Waals surface area contributed by atoms with Crippen molar-refractivity contribution in [2.24, 2.45) is 5.41 Å². The smallest absolute Gasteiger partial charge is 0.240 e. The molecule has 5 nitrogen and oxygen atoms in total. The highest BCUT2D eigenvalue weighted by atomic mass is 16.2. The van der Waals surface area contributed by atoms with E-state index in [1.807, 2.05) is 0 Å². The first-order valence-corrected chi connectivity index (χ1v) is 6.23. The van der Waals surface area contributed by atoms with Gasteiger partial charge in [0.1, 0.15) is 5.41 Å². The van der Waals surface area contributed by atoms with Gasteiger partial charge in [-0.3, -0.25) is 4.79 Å². The summed E-state index contributed by atoms with van der Waals surface area (Å²) in [5, 5.41) is 19.7. The number of carbonyl (C=O) groups excluding carboxylic acids is 1. The van der Waals surface area contributed by atoms with Crippen molar-refractivity contribution in [3.8, 4) is 6.07 Å². The summed E-state index contributed by atoms with van der Waals surface area (Å²) in [5.74, 6) is -0.171. The van der Waals surface area contributed by atoms with E-state index in [2.05, 4.69) is 21.6 Å². The molecular formula is C13H16N4O. The second kappa shape index (κ2) is 5.58. The van der Waals surface area contributed by atoms with Gasteiger partial charge < -0.3 is 5.32 Å². The lowest BCUT2D eigenvalue weighted by Gasteiger charge is -2.29. The Morgan fingerprint density at radius 3 is 2.83 bits per heavy atom. The van der Waals surface area contributed by atoms with E-state index in [1.165, 1.54) is 0 Å². The summed E-state index contributed by atoms with van der Waals surface area (Å²) in [6.45, 7) is 0.329. The van der Waals surface area contributed by atoms with E-state index in [9.17, 15) is 10.1 Å². The Bertz CT molecular complexity index is 446. The van der Waals surface area contributed by atoms with Crippen molar-refractivity contribution < 1.29 is 4.79 Å². The molecule has 0 atom stereocenters. The maximum atomic E-state index is 12.1. The molecule has 1 aliphatic carbocycles. The van der Waals surface area contributed by atoms with Gasteiger partial charge in [0.05, 0.1) is 18.3 Å². The van der Waals surface area contributed by atoms with Crippen molar-refractivity contribution in [1.29, 1.82) is 5.26 Å². The van der Waals surface area contributed by atoms with Crippen molar-refractivity contribution in [2.75, 3.05) is 0 Å². The number of nitrogens with one attached hydrogen (secondary N) is 1. The Kier molecular flexibility index (Phi) is 3.88. The monoisotopic (exact) mass is 244 g/mol. The Labute approximate surface area is 106 Å². The number of aromatic nitrogens is 2. The van der Waals surface area contributed by atoms with E-state index in [1.54, 1.807) is 18.3 Å². The van der Waals surface area contributed by atoms with Gasteiger partial charge in [-0.25, -0.2) is 0 Å². The van der Waals surface area contributed by atoms with Crippen molar-refractivity contribution >= 4 is 5.91 Å². The average Bonchev–Trinajstić information content (AvgIpc) is 2.46. The number of hydrogen-bond acceptors (Lipinski definition) is 4.